The van der Waals surface area contributed by atoms with Crippen LogP contribution in [0.15, 0.2) is 109 Å². The molecule has 4 aliphatic heterocycles. The number of hydrogen-bond acceptors (Lipinski definition) is 13. The third-order valence-corrected chi connectivity index (χ3v) is 11.7. The van der Waals surface area contributed by atoms with E-state index in [1.54, 1.807) is 71.6 Å². The molecular weight excluding hydrogens is 987 g/mol. The first-order chi connectivity index (χ1) is 33.7. The second-order valence-corrected chi connectivity index (χ2v) is 16.6. The Bertz CT molecular complexity index is 2780. The van der Waals surface area contributed by atoms with Crippen LogP contribution in [-0.2, 0) is 12.4 Å². The van der Waals surface area contributed by atoms with Gasteiger partial charge in [-0.05, 0) is 73.5 Å². The smallest absolute Gasteiger partial charge is 0.416 e. The van der Waals surface area contributed by atoms with Crippen LogP contribution in [0, 0.1) is 0 Å². The number of benzene rings is 2. The SMILES string of the molecule is FC(F)(F)c1cccc(-c2ccc3c(n2)N[C@H]2CCN3C2)c1.Nc1cccc(OCCCO)n1.O=C(Nc1cccc(OCCCO)n1)N1c2nc(-c3cccc(C(F)(F)F)c3)ccc2N2CC[C@H]1C2.S.S. The van der Waals surface area contributed by atoms with Crippen LogP contribution >= 0.6 is 27.0 Å². The number of carbonyl (C=O) groups is 1. The molecule has 0 aliphatic carbocycles. The van der Waals surface area contributed by atoms with Gasteiger partial charge in [-0.2, -0.15) is 63.3 Å². The molecule has 384 valence electrons. The van der Waals surface area contributed by atoms with Gasteiger partial charge in [-0.25, -0.2) is 14.8 Å². The van der Waals surface area contributed by atoms with Gasteiger partial charge in [-0.1, -0.05) is 36.4 Å². The number of aliphatic hydroxyl groups excluding tert-OH is 2. The summed E-state index contributed by atoms with van der Waals surface area (Å²) in [5.41, 5.74) is 7.49. The van der Waals surface area contributed by atoms with Crippen LogP contribution in [0.5, 0.6) is 11.8 Å². The van der Waals surface area contributed by atoms with Gasteiger partial charge in [-0.3, -0.25) is 10.2 Å². The van der Waals surface area contributed by atoms with E-state index in [1.807, 2.05) is 6.07 Å². The standard InChI is InChI=1S/C25H24F3N5O3.C16H14F3N3.C8H12N2O2.2H2S/c26-25(27,28)17-5-1-4-16(14-17)19-8-9-20-23(29-19)33(18-10-11-32(20)15-18)24(35)31-21-6-2-7-22(30-21)36-13-3-12-34;17-16(18,19)11-3-1-2-10(8-11)13-4-5-14-15(21-13)20-12-6-7-22(14)9-12;9-7-3-1-4-8(10-7)12-6-2-5-11;;/h1-2,4-9,14,18,34H,3,10-13,15H2,(H,30,31,35);1-5,8,12H,6-7,9H2,(H,20,21);1,3-4,11H,2,5-6H2,(H2,9,10);2*1H2/t18-;12-;;;/m00.../s1. The molecule has 15 nitrogen and oxygen atoms in total. The summed E-state index contributed by atoms with van der Waals surface area (Å²) in [5.74, 6) is 2.71. The molecule has 2 amide bonds. The molecule has 2 atom stereocenters. The summed E-state index contributed by atoms with van der Waals surface area (Å²) < 4.78 is 88.9. The molecule has 8 heterocycles. The molecular formula is C49H54F6N10O5S2. The van der Waals surface area contributed by atoms with Crippen LogP contribution < -0.4 is 40.5 Å². The van der Waals surface area contributed by atoms with Crippen LogP contribution in [-0.4, -0.2) is 101 Å². The van der Waals surface area contributed by atoms with E-state index in [1.165, 1.54) is 12.1 Å². The number of nitrogens with zero attached hydrogens (tertiary/aromatic N) is 7. The average Bonchev–Trinajstić information content (AvgIpc) is 3.95. The molecule has 2 aromatic carbocycles. The molecule has 4 aromatic heterocycles. The number of pyridine rings is 4. The van der Waals surface area contributed by atoms with Crippen LogP contribution in [0.4, 0.5) is 65.8 Å². The second kappa shape index (κ2) is 24.2. The maximum absolute atomic E-state index is 13.4. The summed E-state index contributed by atoms with van der Waals surface area (Å²) in [6, 6.07) is 27.5. The number of aliphatic hydroxyl groups is 2. The Kier molecular flexibility index (Phi) is 18.3. The number of aromatic nitrogens is 4. The summed E-state index contributed by atoms with van der Waals surface area (Å²) >= 11 is 0. The minimum absolute atomic E-state index is 0. The van der Waals surface area contributed by atoms with Gasteiger partial charge in [0.15, 0.2) is 11.6 Å². The Morgan fingerprint density at radius 3 is 1.85 bits per heavy atom. The quantitative estimate of drug-likeness (QED) is 0.0612. The lowest BCUT2D eigenvalue weighted by molar-refractivity contribution is -0.138. The molecule has 0 unspecified atom stereocenters. The third kappa shape index (κ3) is 13.4. The normalized spacial score (nSPS) is 16.0. The van der Waals surface area contributed by atoms with Crippen molar-refractivity contribution in [3.05, 3.63) is 120 Å². The Labute approximate surface area is 425 Å². The second-order valence-electron chi connectivity index (χ2n) is 16.6. The summed E-state index contributed by atoms with van der Waals surface area (Å²) in [4.78, 5) is 36.8. The summed E-state index contributed by atoms with van der Waals surface area (Å²) in [5, 5.41) is 23.5. The molecule has 6 aromatic rings. The monoisotopic (exact) mass is 1040 g/mol. The van der Waals surface area contributed by atoms with E-state index in [2.05, 4.69) is 40.4 Å². The van der Waals surface area contributed by atoms with Gasteiger partial charge in [0.1, 0.15) is 11.6 Å². The van der Waals surface area contributed by atoms with E-state index in [0.717, 1.165) is 73.9 Å². The lowest BCUT2D eigenvalue weighted by Crippen LogP contribution is -2.48. The van der Waals surface area contributed by atoms with Crippen molar-refractivity contribution in [3.8, 4) is 34.3 Å². The minimum atomic E-state index is -4.47. The summed E-state index contributed by atoms with van der Waals surface area (Å²) in [6.07, 6.45) is -5.94. The van der Waals surface area contributed by atoms with Crippen molar-refractivity contribution in [1.29, 1.82) is 0 Å². The number of nitrogens with two attached hydrogens (primary N) is 1. The number of anilines is 6. The number of nitrogen functional groups attached to an aromatic ring is 1. The van der Waals surface area contributed by atoms with Crippen molar-refractivity contribution < 1.29 is 50.8 Å². The molecule has 2 saturated heterocycles. The topological polar surface area (TPSA) is 187 Å². The minimum Gasteiger partial charge on any atom is -0.478 e. The number of halogens is 6. The third-order valence-electron chi connectivity index (χ3n) is 11.7. The molecule has 0 radical (unpaired) electrons. The lowest BCUT2D eigenvalue weighted by atomic mass is 10.1. The zero-order chi connectivity index (χ0) is 49.4. The fraction of sp³-hybridized carbons (Fsp3) is 0.327. The van der Waals surface area contributed by atoms with E-state index in [-0.39, 0.29) is 52.1 Å². The molecule has 0 spiro atoms. The van der Waals surface area contributed by atoms with E-state index in [0.29, 0.717) is 84.6 Å². The first-order valence-electron chi connectivity index (χ1n) is 22.6. The summed E-state index contributed by atoms with van der Waals surface area (Å²) in [7, 11) is 0. The van der Waals surface area contributed by atoms with E-state index < -0.39 is 29.5 Å². The predicted molar refractivity (Wildman–Crippen MR) is 274 cm³/mol. The largest absolute Gasteiger partial charge is 0.478 e. The lowest BCUT2D eigenvalue weighted by Gasteiger charge is -2.35. The zero-order valence-corrected chi connectivity index (χ0v) is 40.6. The van der Waals surface area contributed by atoms with Gasteiger partial charge in [0.25, 0.3) is 0 Å². The number of hydrogen-bond donors (Lipinski definition) is 5. The number of fused-ring (bicyclic) bond motifs is 8. The number of nitrogens with one attached hydrogen (secondary N) is 2. The van der Waals surface area contributed by atoms with Crippen molar-refractivity contribution >= 4 is 67.7 Å². The Balaban J connectivity index is 0.000000199. The number of amides is 2. The average molecular weight is 1040 g/mol. The van der Waals surface area contributed by atoms with Crippen LogP contribution in [0.2, 0.25) is 0 Å². The highest BCUT2D eigenvalue weighted by atomic mass is 32.1. The first-order valence-corrected chi connectivity index (χ1v) is 22.6. The van der Waals surface area contributed by atoms with E-state index in [4.69, 9.17) is 25.4 Å². The van der Waals surface area contributed by atoms with Gasteiger partial charge in [0.2, 0.25) is 11.8 Å². The Morgan fingerprint density at radius 2 is 1.24 bits per heavy atom. The zero-order valence-electron chi connectivity index (χ0n) is 38.6. The van der Waals surface area contributed by atoms with E-state index in [9.17, 15) is 31.1 Å². The molecule has 2 fully saturated rings. The molecule has 4 bridgehead atoms. The maximum Gasteiger partial charge on any atom is 0.416 e. The van der Waals surface area contributed by atoms with Gasteiger partial charge in [0.05, 0.1) is 53.1 Å². The summed E-state index contributed by atoms with van der Waals surface area (Å²) in [6.45, 7) is 4.24. The fourth-order valence-electron chi connectivity index (χ4n) is 8.33. The van der Waals surface area contributed by atoms with Crippen molar-refractivity contribution in [2.24, 2.45) is 0 Å². The highest BCUT2D eigenvalue weighted by Crippen LogP contribution is 2.42. The van der Waals surface area contributed by atoms with Crippen molar-refractivity contribution in [2.75, 3.05) is 83.7 Å². The first kappa shape index (κ1) is 54.6. The molecule has 0 saturated carbocycles. The molecule has 10 rings (SSSR count). The fourth-order valence-corrected chi connectivity index (χ4v) is 8.33. The highest BCUT2D eigenvalue weighted by Gasteiger charge is 2.41. The molecule has 6 N–H and O–H groups in total. The molecule has 23 heteroatoms. The van der Waals surface area contributed by atoms with Crippen LogP contribution in [0.25, 0.3) is 22.5 Å². The van der Waals surface area contributed by atoms with Gasteiger partial charge < -0.3 is 40.5 Å². The van der Waals surface area contributed by atoms with Gasteiger partial charge in [-0.15, -0.1) is 0 Å². The van der Waals surface area contributed by atoms with Crippen molar-refractivity contribution in [3.63, 3.8) is 0 Å². The number of carbonyl (C=O) groups excluding carboxylic acids is 1. The molecule has 72 heavy (non-hydrogen) atoms. The Morgan fingerprint density at radius 1 is 0.681 bits per heavy atom. The number of alkyl halides is 6. The van der Waals surface area contributed by atoms with E-state index >= 15 is 0 Å². The van der Waals surface area contributed by atoms with Gasteiger partial charge >= 0.3 is 18.4 Å². The highest BCUT2D eigenvalue weighted by molar-refractivity contribution is 7.59. The Hall–Kier alpha value is -6.69. The number of urea groups is 1. The van der Waals surface area contributed by atoms with Crippen molar-refractivity contribution in [1.82, 2.24) is 19.9 Å². The number of ether oxygens (including phenoxy) is 2. The van der Waals surface area contributed by atoms with Crippen molar-refractivity contribution in [2.45, 2.75) is 50.1 Å². The maximum atomic E-state index is 13.4. The van der Waals surface area contributed by atoms with Crippen LogP contribution in [0.3, 0.4) is 0 Å². The predicted octanol–water partition coefficient (Wildman–Crippen LogP) is 8.98. The van der Waals surface area contributed by atoms with Gasteiger partial charge in [0, 0.05) is 81.5 Å². The van der Waals surface area contributed by atoms with Crippen LogP contribution in [0.1, 0.15) is 36.8 Å². The molecule has 4 aliphatic rings. The number of rotatable bonds is 11.